The zero-order valence-corrected chi connectivity index (χ0v) is 11.8. The number of aromatic nitrogens is 1. The van der Waals surface area contributed by atoms with E-state index in [9.17, 15) is 14.0 Å². The van der Waals surface area contributed by atoms with Gasteiger partial charge in [0.05, 0.1) is 17.3 Å². The second kappa shape index (κ2) is 5.98. The number of anilines is 1. The molecule has 1 unspecified atom stereocenters. The second-order valence-electron chi connectivity index (χ2n) is 4.28. The molecule has 0 aliphatic carbocycles. The molecule has 4 N–H and O–H groups in total. The quantitative estimate of drug-likeness (QED) is 0.803. The first-order valence-corrected chi connectivity index (χ1v) is 6.82. The number of halogens is 1. The van der Waals surface area contributed by atoms with Crippen LogP contribution in [-0.2, 0) is 0 Å². The number of nitrogens with one attached hydrogen (secondary N) is 1. The molecule has 0 bridgehead atoms. The molecular formula is C13H12FN3O3S. The molecule has 21 heavy (non-hydrogen) atoms. The van der Waals surface area contributed by atoms with Crippen LogP contribution in [0, 0.1) is 5.82 Å². The minimum Gasteiger partial charge on any atom is -0.478 e. The third-order valence-electron chi connectivity index (χ3n) is 2.63. The minimum atomic E-state index is -1.33. The van der Waals surface area contributed by atoms with Crippen LogP contribution in [0.4, 0.5) is 10.1 Å². The molecule has 0 aliphatic rings. The number of rotatable bonds is 4. The van der Waals surface area contributed by atoms with Crippen molar-refractivity contribution >= 4 is 28.9 Å². The second-order valence-corrected chi connectivity index (χ2v) is 5.17. The van der Waals surface area contributed by atoms with Gasteiger partial charge in [0, 0.05) is 5.38 Å². The van der Waals surface area contributed by atoms with E-state index >= 15 is 0 Å². The smallest absolute Gasteiger partial charge is 0.337 e. The lowest BCUT2D eigenvalue weighted by Gasteiger charge is -2.08. The normalized spacial score (nSPS) is 12.0. The highest BCUT2D eigenvalue weighted by atomic mass is 32.1. The van der Waals surface area contributed by atoms with Gasteiger partial charge in [-0.3, -0.25) is 4.79 Å². The lowest BCUT2D eigenvalue weighted by Crippen LogP contribution is -2.17. The number of para-hydroxylation sites is 1. The average molecular weight is 309 g/mol. The van der Waals surface area contributed by atoms with Crippen molar-refractivity contribution in [3.8, 4) is 0 Å². The molecule has 0 spiro atoms. The van der Waals surface area contributed by atoms with Crippen LogP contribution in [0.3, 0.4) is 0 Å². The highest BCUT2D eigenvalue weighted by molar-refractivity contribution is 7.09. The van der Waals surface area contributed by atoms with Crippen LogP contribution in [0.1, 0.15) is 38.8 Å². The number of amides is 1. The molecule has 8 heteroatoms. The number of nitrogens with zero attached hydrogens (tertiary/aromatic N) is 1. The topological polar surface area (TPSA) is 105 Å². The standard InChI is InChI=1S/C13H12FN3O3S/c1-6(15)12-16-9(5-21-12)11(18)17-10-7(13(19)20)3-2-4-8(10)14/h2-6H,15H2,1H3,(H,17,18)(H,19,20). The predicted octanol–water partition coefficient (Wildman–Crippen LogP) is 2.25. The van der Waals surface area contributed by atoms with Gasteiger partial charge in [-0.25, -0.2) is 14.2 Å². The molecule has 1 aromatic heterocycles. The first-order chi connectivity index (χ1) is 9.90. The lowest BCUT2D eigenvalue weighted by molar-refractivity contribution is 0.0697. The summed E-state index contributed by atoms with van der Waals surface area (Å²) in [4.78, 5) is 27.1. The minimum absolute atomic E-state index is 0.0619. The van der Waals surface area contributed by atoms with Crippen LogP contribution in [0.15, 0.2) is 23.6 Å². The summed E-state index contributed by atoms with van der Waals surface area (Å²) in [6, 6.07) is 3.21. The number of carbonyl (C=O) groups excluding carboxylic acids is 1. The van der Waals surface area contributed by atoms with Crippen molar-refractivity contribution in [2.45, 2.75) is 13.0 Å². The van der Waals surface area contributed by atoms with Gasteiger partial charge in [0.1, 0.15) is 16.5 Å². The van der Waals surface area contributed by atoms with Crippen LogP contribution < -0.4 is 11.1 Å². The highest BCUT2D eigenvalue weighted by Crippen LogP contribution is 2.22. The molecule has 0 saturated carbocycles. The number of carboxylic acids is 1. The van der Waals surface area contributed by atoms with Crippen molar-refractivity contribution in [1.82, 2.24) is 4.98 Å². The molecule has 0 saturated heterocycles. The highest BCUT2D eigenvalue weighted by Gasteiger charge is 2.19. The molecule has 2 rings (SSSR count). The summed E-state index contributed by atoms with van der Waals surface area (Å²) in [5.74, 6) is -2.85. The molecular weight excluding hydrogens is 297 g/mol. The number of hydrogen-bond donors (Lipinski definition) is 3. The van der Waals surface area contributed by atoms with Crippen LogP contribution >= 0.6 is 11.3 Å². The zero-order valence-electron chi connectivity index (χ0n) is 11.0. The van der Waals surface area contributed by atoms with E-state index in [2.05, 4.69) is 10.3 Å². The van der Waals surface area contributed by atoms with Gasteiger partial charge in [0.2, 0.25) is 0 Å². The van der Waals surface area contributed by atoms with Gasteiger partial charge in [-0.15, -0.1) is 11.3 Å². The Bertz CT molecular complexity index is 700. The Balaban J connectivity index is 2.29. The van der Waals surface area contributed by atoms with Crippen LogP contribution in [0.2, 0.25) is 0 Å². The first kappa shape index (κ1) is 15.1. The van der Waals surface area contributed by atoms with Gasteiger partial charge >= 0.3 is 5.97 Å². The van der Waals surface area contributed by atoms with Gasteiger partial charge in [-0.1, -0.05) is 6.07 Å². The van der Waals surface area contributed by atoms with E-state index in [0.29, 0.717) is 5.01 Å². The number of aromatic carboxylic acids is 1. The molecule has 1 aromatic carbocycles. The number of hydrogen-bond acceptors (Lipinski definition) is 5. The van der Waals surface area contributed by atoms with E-state index in [1.54, 1.807) is 6.92 Å². The monoisotopic (exact) mass is 309 g/mol. The fourth-order valence-corrected chi connectivity index (χ4v) is 2.37. The molecule has 2 aromatic rings. The molecule has 110 valence electrons. The van der Waals surface area contributed by atoms with Crippen molar-refractivity contribution in [1.29, 1.82) is 0 Å². The van der Waals surface area contributed by atoms with Crippen molar-refractivity contribution in [2.75, 3.05) is 5.32 Å². The van der Waals surface area contributed by atoms with Crippen molar-refractivity contribution in [3.05, 3.63) is 45.7 Å². The third-order valence-corrected chi connectivity index (χ3v) is 3.67. The van der Waals surface area contributed by atoms with Crippen molar-refractivity contribution in [2.24, 2.45) is 5.73 Å². The van der Waals surface area contributed by atoms with E-state index in [-0.39, 0.29) is 23.0 Å². The average Bonchev–Trinajstić information content (AvgIpc) is 2.90. The maximum absolute atomic E-state index is 13.7. The summed E-state index contributed by atoms with van der Waals surface area (Å²) in [5.41, 5.74) is 5.00. The Labute approximate surface area is 123 Å². The number of benzene rings is 1. The molecule has 1 atom stereocenters. The zero-order chi connectivity index (χ0) is 15.6. The summed E-state index contributed by atoms with van der Waals surface area (Å²) in [6.07, 6.45) is 0. The Morgan fingerprint density at radius 2 is 2.19 bits per heavy atom. The molecule has 1 heterocycles. The molecule has 1 amide bonds. The van der Waals surface area contributed by atoms with E-state index in [0.717, 1.165) is 6.07 Å². The van der Waals surface area contributed by atoms with E-state index < -0.39 is 17.7 Å². The van der Waals surface area contributed by atoms with Gasteiger partial charge in [0.15, 0.2) is 0 Å². The van der Waals surface area contributed by atoms with E-state index in [1.807, 2.05) is 0 Å². The number of nitrogens with two attached hydrogens (primary N) is 1. The summed E-state index contributed by atoms with van der Waals surface area (Å²) >= 11 is 1.20. The largest absolute Gasteiger partial charge is 0.478 e. The Kier molecular flexibility index (Phi) is 4.29. The van der Waals surface area contributed by atoms with Crippen LogP contribution in [0.25, 0.3) is 0 Å². The molecule has 6 nitrogen and oxygen atoms in total. The van der Waals surface area contributed by atoms with Gasteiger partial charge < -0.3 is 16.2 Å². The maximum atomic E-state index is 13.7. The van der Waals surface area contributed by atoms with Crippen LogP contribution in [0.5, 0.6) is 0 Å². The lowest BCUT2D eigenvalue weighted by atomic mass is 10.1. The molecule has 0 aliphatic heterocycles. The Morgan fingerprint density at radius 3 is 2.76 bits per heavy atom. The summed E-state index contributed by atoms with van der Waals surface area (Å²) < 4.78 is 13.7. The molecule has 0 radical (unpaired) electrons. The summed E-state index contributed by atoms with van der Waals surface area (Å²) in [6.45, 7) is 1.72. The fraction of sp³-hybridized carbons (Fsp3) is 0.154. The van der Waals surface area contributed by atoms with Gasteiger partial charge in [-0.2, -0.15) is 0 Å². The van der Waals surface area contributed by atoms with E-state index in [4.69, 9.17) is 10.8 Å². The third kappa shape index (κ3) is 3.23. The fourth-order valence-electron chi connectivity index (χ4n) is 1.61. The SMILES string of the molecule is CC(N)c1nc(C(=O)Nc2c(F)cccc2C(=O)O)cs1. The maximum Gasteiger partial charge on any atom is 0.337 e. The van der Waals surface area contributed by atoms with E-state index in [1.165, 1.54) is 28.8 Å². The summed E-state index contributed by atoms with van der Waals surface area (Å²) in [5, 5.41) is 13.3. The Hall–Kier alpha value is -2.32. The van der Waals surface area contributed by atoms with Crippen LogP contribution in [-0.4, -0.2) is 22.0 Å². The Morgan fingerprint density at radius 1 is 1.48 bits per heavy atom. The van der Waals surface area contributed by atoms with Gasteiger partial charge in [0.25, 0.3) is 5.91 Å². The molecule has 0 fully saturated rings. The number of thiazole rings is 1. The van der Waals surface area contributed by atoms with Crippen molar-refractivity contribution in [3.63, 3.8) is 0 Å². The summed E-state index contributed by atoms with van der Waals surface area (Å²) in [7, 11) is 0. The van der Waals surface area contributed by atoms with Crippen molar-refractivity contribution < 1.29 is 19.1 Å². The first-order valence-electron chi connectivity index (χ1n) is 5.94. The number of carbonyl (C=O) groups is 2. The number of carboxylic acid groups (broad SMARTS) is 1. The predicted molar refractivity (Wildman–Crippen MR) is 76.0 cm³/mol. The van der Waals surface area contributed by atoms with Gasteiger partial charge in [-0.05, 0) is 19.1 Å².